The summed E-state index contributed by atoms with van der Waals surface area (Å²) in [4.78, 5) is 5.13. The van der Waals surface area contributed by atoms with Crippen LogP contribution in [0.1, 0.15) is 33.6 Å². The van der Waals surface area contributed by atoms with Crippen LogP contribution in [0.5, 0.6) is 0 Å². The topological polar surface area (TPSA) is 15.7 Å². The van der Waals surface area contributed by atoms with Crippen LogP contribution in [0.4, 0.5) is 0 Å². The Bertz CT molecular complexity index is 177. The van der Waals surface area contributed by atoms with E-state index >= 15 is 0 Å². The lowest BCUT2D eigenvalue weighted by Gasteiger charge is -2.34. The average Bonchev–Trinajstić information content (AvgIpc) is 2.33. The zero-order valence-corrected chi connectivity index (χ0v) is 12.0. The minimum atomic E-state index is 0.829. The standard InChI is InChI=1S/C14H30N2O/c1-4-12-17-13-11-16-9-7-15(8-10-16)6-5-14(2)3/h14H,4-13H2,1-3H3. The summed E-state index contributed by atoms with van der Waals surface area (Å²) in [5.41, 5.74) is 0. The van der Waals surface area contributed by atoms with Crippen molar-refractivity contribution in [1.82, 2.24) is 9.80 Å². The summed E-state index contributed by atoms with van der Waals surface area (Å²) in [6.07, 6.45) is 2.46. The first kappa shape index (κ1) is 14.9. The van der Waals surface area contributed by atoms with Gasteiger partial charge in [0, 0.05) is 39.3 Å². The van der Waals surface area contributed by atoms with E-state index in [2.05, 4.69) is 30.6 Å². The molecule has 102 valence electrons. The second kappa shape index (κ2) is 8.90. The fourth-order valence-electron chi connectivity index (χ4n) is 2.12. The molecule has 0 aromatic carbocycles. The van der Waals surface area contributed by atoms with Crippen LogP contribution in [0.25, 0.3) is 0 Å². The molecule has 0 radical (unpaired) electrons. The Hall–Kier alpha value is -0.120. The van der Waals surface area contributed by atoms with Crippen LogP contribution < -0.4 is 0 Å². The fraction of sp³-hybridized carbons (Fsp3) is 1.00. The summed E-state index contributed by atoms with van der Waals surface area (Å²) in [5.74, 6) is 0.829. The van der Waals surface area contributed by atoms with E-state index in [-0.39, 0.29) is 0 Å². The third-order valence-corrected chi connectivity index (χ3v) is 3.39. The predicted molar refractivity (Wildman–Crippen MR) is 73.4 cm³/mol. The maximum absolute atomic E-state index is 5.54. The summed E-state index contributed by atoms with van der Waals surface area (Å²) in [5, 5.41) is 0. The summed E-state index contributed by atoms with van der Waals surface area (Å²) in [6, 6.07) is 0. The summed E-state index contributed by atoms with van der Waals surface area (Å²) < 4.78 is 5.54. The van der Waals surface area contributed by atoms with Crippen molar-refractivity contribution in [3.63, 3.8) is 0 Å². The Labute approximate surface area is 107 Å². The first-order valence-electron chi connectivity index (χ1n) is 7.24. The van der Waals surface area contributed by atoms with Gasteiger partial charge >= 0.3 is 0 Å². The number of rotatable bonds is 8. The second-order valence-corrected chi connectivity index (χ2v) is 5.48. The molecule has 0 saturated carbocycles. The van der Waals surface area contributed by atoms with Crippen molar-refractivity contribution in [2.24, 2.45) is 5.92 Å². The van der Waals surface area contributed by atoms with Gasteiger partial charge in [0.15, 0.2) is 0 Å². The molecule has 17 heavy (non-hydrogen) atoms. The van der Waals surface area contributed by atoms with Crippen LogP contribution in [0.15, 0.2) is 0 Å². The highest BCUT2D eigenvalue weighted by Crippen LogP contribution is 2.06. The largest absolute Gasteiger partial charge is 0.380 e. The van der Waals surface area contributed by atoms with Gasteiger partial charge in [-0.3, -0.25) is 4.90 Å². The van der Waals surface area contributed by atoms with E-state index in [1.807, 2.05) is 0 Å². The van der Waals surface area contributed by atoms with Crippen LogP contribution >= 0.6 is 0 Å². The van der Waals surface area contributed by atoms with E-state index in [4.69, 9.17) is 4.74 Å². The molecule has 3 nitrogen and oxygen atoms in total. The summed E-state index contributed by atoms with van der Waals surface area (Å²) in [7, 11) is 0. The lowest BCUT2D eigenvalue weighted by Crippen LogP contribution is -2.47. The molecule has 0 aliphatic carbocycles. The van der Waals surface area contributed by atoms with Gasteiger partial charge in [-0.2, -0.15) is 0 Å². The molecule has 1 saturated heterocycles. The van der Waals surface area contributed by atoms with Gasteiger partial charge in [-0.1, -0.05) is 20.8 Å². The zero-order valence-electron chi connectivity index (χ0n) is 12.0. The first-order chi connectivity index (χ1) is 8.22. The molecule has 1 fully saturated rings. The third-order valence-electron chi connectivity index (χ3n) is 3.39. The van der Waals surface area contributed by atoms with Crippen LogP contribution in [-0.2, 0) is 4.74 Å². The monoisotopic (exact) mass is 242 g/mol. The Morgan fingerprint density at radius 1 is 0.941 bits per heavy atom. The number of nitrogens with zero attached hydrogens (tertiary/aromatic N) is 2. The van der Waals surface area contributed by atoms with E-state index in [0.717, 1.165) is 32.1 Å². The molecule has 0 unspecified atom stereocenters. The summed E-state index contributed by atoms with van der Waals surface area (Å²) in [6.45, 7) is 15.9. The van der Waals surface area contributed by atoms with Crippen molar-refractivity contribution >= 4 is 0 Å². The van der Waals surface area contributed by atoms with Gasteiger partial charge in [0.25, 0.3) is 0 Å². The quantitative estimate of drug-likeness (QED) is 0.606. The van der Waals surface area contributed by atoms with Gasteiger partial charge in [-0.15, -0.1) is 0 Å². The molecule has 0 bridgehead atoms. The second-order valence-electron chi connectivity index (χ2n) is 5.48. The van der Waals surface area contributed by atoms with Crippen molar-refractivity contribution in [2.75, 3.05) is 52.5 Å². The summed E-state index contributed by atoms with van der Waals surface area (Å²) >= 11 is 0. The lowest BCUT2D eigenvalue weighted by atomic mass is 10.1. The minimum Gasteiger partial charge on any atom is -0.380 e. The van der Waals surface area contributed by atoms with E-state index in [0.29, 0.717) is 0 Å². The van der Waals surface area contributed by atoms with E-state index < -0.39 is 0 Å². The smallest absolute Gasteiger partial charge is 0.0593 e. The fourth-order valence-corrected chi connectivity index (χ4v) is 2.12. The van der Waals surface area contributed by atoms with E-state index in [1.54, 1.807) is 0 Å². The van der Waals surface area contributed by atoms with E-state index in [1.165, 1.54) is 39.1 Å². The molecule has 1 aliphatic heterocycles. The maximum Gasteiger partial charge on any atom is 0.0593 e. The van der Waals surface area contributed by atoms with Gasteiger partial charge in [0.05, 0.1) is 6.61 Å². The highest BCUT2D eigenvalue weighted by molar-refractivity contribution is 4.71. The predicted octanol–water partition coefficient (Wildman–Crippen LogP) is 2.08. The highest BCUT2D eigenvalue weighted by atomic mass is 16.5. The molecular formula is C14H30N2O. The molecule has 1 rings (SSSR count). The Morgan fingerprint density at radius 2 is 1.53 bits per heavy atom. The SMILES string of the molecule is CCCOCCN1CCN(CCC(C)C)CC1. The Morgan fingerprint density at radius 3 is 2.06 bits per heavy atom. The number of hydrogen-bond acceptors (Lipinski definition) is 3. The molecule has 0 N–H and O–H groups in total. The number of ether oxygens (including phenoxy) is 1. The molecular weight excluding hydrogens is 212 g/mol. The lowest BCUT2D eigenvalue weighted by molar-refractivity contribution is 0.0746. The normalized spacial score (nSPS) is 19.1. The van der Waals surface area contributed by atoms with Crippen molar-refractivity contribution in [2.45, 2.75) is 33.6 Å². The van der Waals surface area contributed by atoms with Crippen molar-refractivity contribution in [3.05, 3.63) is 0 Å². The highest BCUT2D eigenvalue weighted by Gasteiger charge is 2.16. The number of hydrogen-bond donors (Lipinski definition) is 0. The molecule has 0 amide bonds. The van der Waals surface area contributed by atoms with Crippen molar-refractivity contribution in [3.8, 4) is 0 Å². The maximum atomic E-state index is 5.54. The first-order valence-corrected chi connectivity index (χ1v) is 7.24. The molecule has 0 spiro atoms. The van der Waals surface area contributed by atoms with Gasteiger partial charge in [0.2, 0.25) is 0 Å². The van der Waals surface area contributed by atoms with Gasteiger partial charge in [-0.05, 0) is 25.3 Å². The van der Waals surface area contributed by atoms with Crippen LogP contribution in [0, 0.1) is 5.92 Å². The number of piperazine rings is 1. The Kier molecular flexibility index (Phi) is 7.82. The Balaban J connectivity index is 2.01. The average molecular weight is 242 g/mol. The molecule has 1 heterocycles. The zero-order chi connectivity index (χ0) is 12.5. The van der Waals surface area contributed by atoms with Crippen molar-refractivity contribution in [1.29, 1.82) is 0 Å². The third kappa shape index (κ3) is 7.02. The van der Waals surface area contributed by atoms with Crippen molar-refractivity contribution < 1.29 is 4.74 Å². The molecule has 0 atom stereocenters. The van der Waals surface area contributed by atoms with Gasteiger partial charge in [0.1, 0.15) is 0 Å². The van der Waals surface area contributed by atoms with Crippen LogP contribution in [-0.4, -0.2) is 62.3 Å². The minimum absolute atomic E-state index is 0.829. The van der Waals surface area contributed by atoms with Gasteiger partial charge < -0.3 is 9.64 Å². The molecule has 1 aliphatic rings. The molecule has 3 heteroatoms. The molecule has 0 aromatic heterocycles. The van der Waals surface area contributed by atoms with Crippen LogP contribution in [0.2, 0.25) is 0 Å². The van der Waals surface area contributed by atoms with E-state index in [9.17, 15) is 0 Å². The molecule has 0 aromatic rings. The van der Waals surface area contributed by atoms with Crippen LogP contribution in [0.3, 0.4) is 0 Å². The van der Waals surface area contributed by atoms with Gasteiger partial charge in [-0.25, -0.2) is 0 Å².